The van der Waals surface area contributed by atoms with E-state index in [1.165, 1.54) is 0 Å². The highest BCUT2D eigenvalue weighted by atomic mass is 16.1. The van der Waals surface area contributed by atoms with E-state index < -0.39 is 5.91 Å². The molecule has 8 heteroatoms. The fraction of sp³-hybridized carbons (Fsp3) is 0.444. The Morgan fingerprint density at radius 1 is 1.19 bits per heavy atom. The SMILES string of the molecule is Cc1cc(C(N)=O)c(NCCN2CCN(c3ncccn3)CC2)nc1C. The Balaban J connectivity index is 1.51. The van der Waals surface area contributed by atoms with Crippen LogP contribution in [-0.4, -0.2) is 65.0 Å². The van der Waals surface area contributed by atoms with E-state index in [0.29, 0.717) is 17.9 Å². The van der Waals surface area contributed by atoms with Crippen LogP contribution in [0, 0.1) is 13.8 Å². The van der Waals surface area contributed by atoms with Gasteiger partial charge in [-0.2, -0.15) is 0 Å². The van der Waals surface area contributed by atoms with E-state index in [2.05, 4.69) is 30.1 Å². The molecule has 1 fully saturated rings. The van der Waals surface area contributed by atoms with E-state index in [1.807, 2.05) is 19.9 Å². The van der Waals surface area contributed by atoms with Crippen molar-refractivity contribution in [1.29, 1.82) is 0 Å². The predicted molar refractivity (Wildman–Crippen MR) is 101 cm³/mol. The Labute approximate surface area is 153 Å². The molecule has 8 nitrogen and oxygen atoms in total. The highest BCUT2D eigenvalue weighted by Gasteiger charge is 2.18. The monoisotopic (exact) mass is 355 g/mol. The number of nitrogens with zero attached hydrogens (tertiary/aromatic N) is 5. The lowest BCUT2D eigenvalue weighted by molar-refractivity contribution is 0.100. The molecule has 1 saturated heterocycles. The van der Waals surface area contributed by atoms with Gasteiger partial charge in [-0.1, -0.05) is 0 Å². The first-order valence-electron chi connectivity index (χ1n) is 8.81. The van der Waals surface area contributed by atoms with Crippen LogP contribution in [0.1, 0.15) is 21.6 Å². The van der Waals surface area contributed by atoms with Crippen LogP contribution >= 0.6 is 0 Å². The second-order valence-corrected chi connectivity index (χ2v) is 6.46. The first-order chi connectivity index (χ1) is 12.5. The molecule has 3 heterocycles. The van der Waals surface area contributed by atoms with Gasteiger partial charge in [0.15, 0.2) is 0 Å². The quantitative estimate of drug-likeness (QED) is 0.791. The van der Waals surface area contributed by atoms with Gasteiger partial charge < -0.3 is 16.0 Å². The number of piperazine rings is 1. The number of hydrogen-bond acceptors (Lipinski definition) is 7. The first-order valence-corrected chi connectivity index (χ1v) is 8.81. The fourth-order valence-electron chi connectivity index (χ4n) is 2.99. The lowest BCUT2D eigenvalue weighted by Crippen LogP contribution is -2.48. The van der Waals surface area contributed by atoms with Crippen molar-refractivity contribution in [2.75, 3.05) is 49.5 Å². The van der Waals surface area contributed by atoms with Crippen LogP contribution < -0.4 is 16.0 Å². The van der Waals surface area contributed by atoms with Crippen molar-refractivity contribution in [2.45, 2.75) is 13.8 Å². The van der Waals surface area contributed by atoms with Crippen LogP contribution in [0.3, 0.4) is 0 Å². The Morgan fingerprint density at radius 3 is 2.54 bits per heavy atom. The number of carbonyl (C=O) groups is 1. The molecule has 3 N–H and O–H groups in total. The minimum atomic E-state index is -0.459. The molecule has 0 radical (unpaired) electrons. The summed E-state index contributed by atoms with van der Waals surface area (Å²) in [6, 6.07) is 3.62. The van der Waals surface area contributed by atoms with Gasteiger partial charge in [0.2, 0.25) is 5.95 Å². The van der Waals surface area contributed by atoms with E-state index >= 15 is 0 Å². The zero-order valence-electron chi connectivity index (χ0n) is 15.3. The van der Waals surface area contributed by atoms with Gasteiger partial charge in [0, 0.05) is 57.4 Å². The van der Waals surface area contributed by atoms with Crippen molar-refractivity contribution < 1.29 is 4.79 Å². The van der Waals surface area contributed by atoms with Crippen LogP contribution in [0.25, 0.3) is 0 Å². The lowest BCUT2D eigenvalue weighted by atomic mass is 10.1. The highest BCUT2D eigenvalue weighted by Crippen LogP contribution is 2.16. The molecule has 0 atom stereocenters. The van der Waals surface area contributed by atoms with Crippen LogP contribution in [-0.2, 0) is 0 Å². The van der Waals surface area contributed by atoms with Gasteiger partial charge in [0.1, 0.15) is 5.82 Å². The number of nitrogens with one attached hydrogen (secondary N) is 1. The zero-order chi connectivity index (χ0) is 18.5. The molecule has 0 aromatic carbocycles. The molecule has 2 aromatic rings. The van der Waals surface area contributed by atoms with Gasteiger partial charge in [-0.25, -0.2) is 15.0 Å². The van der Waals surface area contributed by atoms with Crippen molar-refractivity contribution in [3.63, 3.8) is 0 Å². The molecule has 1 aliphatic heterocycles. The molecule has 0 spiro atoms. The first kappa shape index (κ1) is 18.1. The van der Waals surface area contributed by atoms with Crippen molar-refractivity contribution >= 4 is 17.7 Å². The number of anilines is 2. The van der Waals surface area contributed by atoms with Crippen molar-refractivity contribution in [3.8, 4) is 0 Å². The maximum atomic E-state index is 11.6. The summed E-state index contributed by atoms with van der Waals surface area (Å²) in [5, 5.41) is 3.26. The molecule has 0 unspecified atom stereocenters. The summed E-state index contributed by atoms with van der Waals surface area (Å²) < 4.78 is 0. The van der Waals surface area contributed by atoms with Gasteiger partial charge in [-0.05, 0) is 31.5 Å². The smallest absolute Gasteiger partial charge is 0.252 e. The van der Waals surface area contributed by atoms with Crippen molar-refractivity contribution in [1.82, 2.24) is 19.9 Å². The van der Waals surface area contributed by atoms with Crippen molar-refractivity contribution in [2.24, 2.45) is 5.73 Å². The molecule has 2 aromatic heterocycles. The van der Waals surface area contributed by atoms with Gasteiger partial charge in [-0.3, -0.25) is 9.69 Å². The third-order valence-electron chi connectivity index (χ3n) is 4.66. The standard InChI is InChI=1S/C18H25N7O/c1-13-12-15(16(19)26)17(23-14(13)2)20-6-7-24-8-10-25(11-9-24)18-21-4-3-5-22-18/h3-5,12H,6-11H2,1-2H3,(H2,19,26)(H,20,23). The molecular formula is C18H25N7O. The molecule has 26 heavy (non-hydrogen) atoms. The van der Waals surface area contributed by atoms with Crippen molar-refractivity contribution in [3.05, 3.63) is 41.3 Å². The summed E-state index contributed by atoms with van der Waals surface area (Å²) >= 11 is 0. The zero-order valence-corrected chi connectivity index (χ0v) is 15.3. The number of carbonyl (C=O) groups excluding carboxylic acids is 1. The van der Waals surface area contributed by atoms with Gasteiger partial charge >= 0.3 is 0 Å². The van der Waals surface area contributed by atoms with E-state index in [4.69, 9.17) is 5.73 Å². The van der Waals surface area contributed by atoms with Crippen LogP contribution in [0.4, 0.5) is 11.8 Å². The summed E-state index contributed by atoms with van der Waals surface area (Å²) in [6.07, 6.45) is 3.54. The van der Waals surface area contributed by atoms with Gasteiger partial charge in [-0.15, -0.1) is 0 Å². The second kappa shape index (κ2) is 8.09. The minimum Gasteiger partial charge on any atom is -0.368 e. The van der Waals surface area contributed by atoms with E-state index in [9.17, 15) is 4.79 Å². The van der Waals surface area contributed by atoms with Crippen LogP contribution in [0.5, 0.6) is 0 Å². The topological polar surface area (TPSA) is 100 Å². The minimum absolute atomic E-state index is 0.444. The predicted octanol–water partition coefficient (Wildman–Crippen LogP) is 0.821. The Bertz CT molecular complexity index is 758. The van der Waals surface area contributed by atoms with E-state index in [0.717, 1.165) is 49.9 Å². The molecule has 0 saturated carbocycles. The summed E-state index contributed by atoms with van der Waals surface area (Å²) in [7, 11) is 0. The number of amides is 1. The molecule has 138 valence electrons. The summed E-state index contributed by atoms with van der Waals surface area (Å²) in [5.74, 6) is 0.896. The number of pyridine rings is 1. The van der Waals surface area contributed by atoms with Crippen LogP contribution in [0.2, 0.25) is 0 Å². The number of primary amides is 1. The molecule has 1 amide bonds. The molecule has 0 aliphatic carbocycles. The maximum Gasteiger partial charge on any atom is 0.252 e. The van der Waals surface area contributed by atoms with E-state index in [1.54, 1.807) is 18.5 Å². The second-order valence-electron chi connectivity index (χ2n) is 6.46. The number of rotatable bonds is 6. The average molecular weight is 355 g/mol. The Kier molecular flexibility index (Phi) is 5.62. The molecule has 1 aliphatic rings. The summed E-state index contributed by atoms with van der Waals surface area (Å²) in [6.45, 7) is 9.13. The third kappa shape index (κ3) is 4.26. The third-order valence-corrected chi connectivity index (χ3v) is 4.66. The van der Waals surface area contributed by atoms with Gasteiger partial charge in [0.25, 0.3) is 5.91 Å². The van der Waals surface area contributed by atoms with Gasteiger partial charge in [0.05, 0.1) is 5.56 Å². The number of aromatic nitrogens is 3. The number of hydrogen-bond donors (Lipinski definition) is 2. The number of aryl methyl sites for hydroxylation is 2. The maximum absolute atomic E-state index is 11.6. The number of nitrogens with two attached hydrogens (primary N) is 1. The molecule has 3 rings (SSSR count). The normalized spacial score (nSPS) is 15.1. The Morgan fingerprint density at radius 2 is 1.88 bits per heavy atom. The molecular weight excluding hydrogens is 330 g/mol. The van der Waals surface area contributed by atoms with E-state index in [-0.39, 0.29) is 0 Å². The Hall–Kier alpha value is -2.74. The lowest BCUT2D eigenvalue weighted by Gasteiger charge is -2.34. The fourth-order valence-corrected chi connectivity index (χ4v) is 2.99. The summed E-state index contributed by atoms with van der Waals surface area (Å²) in [5.41, 5.74) is 7.77. The highest BCUT2D eigenvalue weighted by molar-refractivity contribution is 5.97. The van der Waals surface area contributed by atoms with Crippen LogP contribution in [0.15, 0.2) is 24.5 Å². The largest absolute Gasteiger partial charge is 0.368 e. The average Bonchev–Trinajstić information content (AvgIpc) is 2.65. The summed E-state index contributed by atoms with van der Waals surface area (Å²) in [4.78, 5) is 29.3. The molecule has 0 bridgehead atoms.